The molecule has 15 heavy (non-hydrogen) atoms. The molecule has 2 unspecified atom stereocenters. The van der Waals surface area contributed by atoms with Crippen molar-refractivity contribution in [3.8, 4) is 0 Å². The number of likely N-dealkylation sites (tertiary alicyclic amines) is 1. The van der Waals surface area contributed by atoms with Crippen molar-refractivity contribution in [3.63, 3.8) is 0 Å². The predicted molar refractivity (Wildman–Crippen MR) is 57.7 cm³/mol. The van der Waals surface area contributed by atoms with Crippen LogP contribution in [0.5, 0.6) is 0 Å². The molecule has 2 N–H and O–H groups in total. The number of rotatable bonds is 3. The molecule has 2 atom stereocenters. The van der Waals surface area contributed by atoms with E-state index in [1.54, 1.807) is 0 Å². The van der Waals surface area contributed by atoms with Crippen LogP contribution in [0.2, 0.25) is 0 Å². The lowest BCUT2D eigenvalue weighted by atomic mass is 10.0. The third kappa shape index (κ3) is 4.01. The van der Waals surface area contributed by atoms with Crippen LogP contribution in [0.4, 0.5) is 0 Å². The number of hydrogen-bond acceptors (Lipinski definition) is 3. The maximum Gasteiger partial charge on any atom is 0.328 e. The Bertz CT molecular complexity index is 263. The van der Waals surface area contributed by atoms with Gasteiger partial charge in [0.1, 0.15) is 0 Å². The highest BCUT2D eigenvalue weighted by Gasteiger charge is 2.23. The normalized spacial score (nSPS) is 29.1. The van der Waals surface area contributed by atoms with Gasteiger partial charge < -0.3 is 10.2 Å². The summed E-state index contributed by atoms with van der Waals surface area (Å²) in [6.45, 7) is 5.19. The van der Waals surface area contributed by atoms with Crippen LogP contribution in [-0.2, 0) is 4.79 Å². The summed E-state index contributed by atoms with van der Waals surface area (Å²) < 4.78 is 0. The fourth-order valence-electron chi connectivity index (χ4n) is 1.96. The first-order valence-corrected chi connectivity index (χ1v) is 5.31. The zero-order valence-corrected chi connectivity index (χ0v) is 9.31. The van der Waals surface area contributed by atoms with Gasteiger partial charge in [0.25, 0.3) is 0 Å². The molecule has 1 heterocycles. The number of piperidine rings is 1. The predicted octanol–water partition coefficient (Wildman–Crippen LogP) is 0.863. The quantitative estimate of drug-likeness (QED) is 0.683. The van der Waals surface area contributed by atoms with Crippen LogP contribution in [0.15, 0.2) is 11.6 Å². The number of carboxylic acids is 1. The van der Waals surface area contributed by atoms with Crippen molar-refractivity contribution < 1.29 is 15.0 Å². The monoisotopic (exact) mass is 213 g/mol. The van der Waals surface area contributed by atoms with Crippen LogP contribution >= 0.6 is 0 Å². The first-order chi connectivity index (χ1) is 6.99. The van der Waals surface area contributed by atoms with Crippen LogP contribution in [0.1, 0.15) is 26.7 Å². The lowest BCUT2D eigenvalue weighted by molar-refractivity contribution is -0.131. The van der Waals surface area contributed by atoms with E-state index in [2.05, 4.69) is 11.8 Å². The summed E-state index contributed by atoms with van der Waals surface area (Å²) in [4.78, 5) is 12.6. The fourth-order valence-corrected chi connectivity index (χ4v) is 1.96. The molecule has 1 fully saturated rings. The van der Waals surface area contributed by atoms with Gasteiger partial charge in [-0.3, -0.25) is 4.90 Å². The maximum atomic E-state index is 10.5. The minimum atomic E-state index is -0.905. The van der Waals surface area contributed by atoms with Gasteiger partial charge in [-0.1, -0.05) is 5.57 Å². The van der Waals surface area contributed by atoms with Gasteiger partial charge in [-0.25, -0.2) is 4.79 Å². The van der Waals surface area contributed by atoms with Crippen molar-refractivity contribution in [3.05, 3.63) is 11.6 Å². The van der Waals surface area contributed by atoms with Crippen molar-refractivity contribution in [2.24, 2.45) is 0 Å². The molecule has 4 heteroatoms. The summed E-state index contributed by atoms with van der Waals surface area (Å²) >= 11 is 0. The molecule has 1 aliphatic heterocycles. The number of aliphatic hydroxyl groups is 1. The Balaban J connectivity index is 2.52. The molecule has 0 aromatic heterocycles. The molecule has 0 aliphatic carbocycles. The number of aliphatic carboxylic acids is 1. The highest BCUT2D eigenvalue weighted by Crippen LogP contribution is 2.17. The minimum absolute atomic E-state index is 0.265. The van der Waals surface area contributed by atoms with Gasteiger partial charge in [0, 0.05) is 25.2 Å². The lowest BCUT2D eigenvalue weighted by Gasteiger charge is -2.36. The Morgan fingerprint density at radius 2 is 2.20 bits per heavy atom. The summed E-state index contributed by atoms with van der Waals surface area (Å²) in [5.41, 5.74) is 0.823. The van der Waals surface area contributed by atoms with Gasteiger partial charge in [-0.05, 0) is 26.7 Å². The molecular weight excluding hydrogens is 194 g/mol. The van der Waals surface area contributed by atoms with E-state index in [9.17, 15) is 9.90 Å². The van der Waals surface area contributed by atoms with E-state index in [1.807, 2.05) is 6.92 Å². The topological polar surface area (TPSA) is 60.8 Å². The second kappa shape index (κ2) is 5.28. The van der Waals surface area contributed by atoms with Crippen LogP contribution in [0.3, 0.4) is 0 Å². The second-order valence-electron chi connectivity index (χ2n) is 4.34. The van der Waals surface area contributed by atoms with Crippen molar-refractivity contribution in [1.82, 2.24) is 4.90 Å². The Kier molecular flexibility index (Phi) is 4.29. The molecule has 0 spiro atoms. The summed E-state index contributed by atoms with van der Waals surface area (Å²) in [6.07, 6.45) is 2.79. The van der Waals surface area contributed by atoms with Crippen LogP contribution in [0.25, 0.3) is 0 Å². The van der Waals surface area contributed by atoms with Crippen molar-refractivity contribution in [2.45, 2.75) is 38.8 Å². The fraction of sp³-hybridized carbons (Fsp3) is 0.727. The van der Waals surface area contributed by atoms with Gasteiger partial charge >= 0.3 is 5.97 Å². The van der Waals surface area contributed by atoms with Gasteiger partial charge in [0.15, 0.2) is 0 Å². The number of hydrogen-bond donors (Lipinski definition) is 2. The summed E-state index contributed by atoms with van der Waals surface area (Å²) in [7, 11) is 0. The number of nitrogens with zero attached hydrogens (tertiary/aromatic N) is 1. The minimum Gasteiger partial charge on any atom is -0.478 e. The van der Waals surface area contributed by atoms with Gasteiger partial charge in [0.05, 0.1) is 6.10 Å². The van der Waals surface area contributed by atoms with E-state index in [4.69, 9.17) is 5.11 Å². The van der Waals surface area contributed by atoms with Gasteiger partial charge in [-0.15, -0.1) is 0 Å². The van der Waals surface area contributed by atoms with E-state index in [0.29, 0.717) is 19.1 Å². The molecule has 1 rings (SSSR count). The molecule has 0 amide bonds. The van der Waals surface area contributed by atoms with E-state index < -0.39 is 5.97 Å². The summed E-state index contributed by atoms with van der Waals surface area (Å²) in [6, 6.07) is 0.422. The molecule has 86 valence electrons. The van der Waals surface area contributed by atoms with Crippen molar-refractivity contribution in [2.75, 3.05) is 13.1 Å². The smallest absolute Gasteiger partial charge is 0.328 e. The Hall–Kier alpha value is -0.870. The molecule has 0 aromatic carbocycles. The molecule has 0 aromatic rings. The maximum absolute atomic E-state index is 10.5. The molecule has 0 bridgehead atoms. The van der Waals surface area contributed by atoms with Crippen LogP contribution in [-0.4, -0.2) is 46.3 Å². The first-order valence-electron chi connectivity index (χ1n) is 5.31. The third-order valence-corrected chi connectivity index (χ3v) is 2.81. The Labute approximate surface area is 90.2 Å². The summed E-state index contributed by atoms with van der Waals surface area (Å²) in [5, 5.41) is 18.1. The second-order valence-corrected chi connectivity index (χ2v) is 4.34. The van der Waals surface area contributed by atoms with Crippen molar-refractivity contribution in [1.29, 1.82) is 0 Å². The van der Waals surface area contributed by atoms with Crippen molar-refractivity contribution >= 4 is 5.97 Å². The molecule has 1 saturated heterocycles. The Morgan fingerprint density at radius 3 is 2.80 bits per heavy atom. The van der Waals surface area contributed by atoms with Gasteiger partial charge in [0.2, 0.25) is 0 Å². The third-order valence-electron chi connectivity index (χ3n) is 2.81. The van der Waals surface area contributed by atoms with E-state index >= 15 is 0 Å². The highest BCUT2D eigenvalue weighted by molar-refractivity contribution is 5.80. The standard InChI is InChI=1S/C11H19NO3/c1-8(5-11(14)15)6-12-7-10(13)4-3-9(12)2/h5,9-10,13H,3-4,6-7H2,1-2H3,(H,14,15). The number of β-amino-alcohol motifs (C(OH)–C–C–N with tert-alkyl or cyclic N) is 1. The van der Waals surface area contributed by atoms with E-state index in [0.717, 1.165) is 18.4 Å². The number of carboxylic acid groups (broad SMARTS) is 1. The zero-order valence-electron chi connectivity index (χ0n) is 9.31. The number of aliphatic hydroxyl groups excluding tert-OH is 1. The molecule has 0 saturated carbocycles. The largest absolute Gasteiger partial charge is 0.478 e. The highest BCUT2D eigenvalue weighted by atomic mass is 16.4. The first kappa shape index (κ1) is 12.2. The average molecular weight is 213 g/mol. The van der Waals surface area contributed by atoms with E-state index in [-0.39, 0.29) is 6.10 Å². The average Bonchev–Trinajstić information content (AvgIpc) is 2.10. The van der Waals surface area contributed by atoms with E-state index in [1.165, 1.54) is 6.08 Å². The van der Waals surface area contributed by atoms with Crippen LogP contribution in [0, 0.1) is 0 Å². The molecular formula is C11H19NO3. The zero-order chi connectivity index (χ0) is 11.4. The molecule has 4 nitrogen and oxygen atoms in total. The van der Waals surface area contributed by atoms with Gasteiger partial charge in [-0.2, -0.15) is 0 Å². The molecule has 1 aliphatic rings. The Morgan fingerprint density at radius 1 is 1.53 bits per heavy atom. The summed E-state index contributed by atoms with van der Waals surface area (Å²) in [5.74, 6) is -0.905. The molecule has 0 radical (unpaired) electrons. The SMILES string of the molecule is CC(=CC(=O)O)CN1CC(O)CCC1C. The number of carbonyl (C=O) groups is 1. The van der Waals surface area contributed by atoms with Crippen LogP contribution < -0.4 is 0 Å². The lowest BCUT2D eigenvalue weighted by Crippen LogP contribution is -2.44.